The normalized spacial score (nSPS) is 14.9. The molecule has 0 aliphatic carbocycles. The molecule has 0 aromatic heterocycles. The molecular formula is C21H25N3O3S2. The summed E-state index contributed by atoms with van der Waals surface area (Å²) in [5.74, 6) is -0.120. The molecule has 0 spiro atoms. The van der Waals surface area contributed by atoms with Crippen LogP contribution in [0.2, 0.25) is 0 Å². The molecule has 6 nitrogen and oxygen atoms in total. The first-order valence-electron chi connectivity index (χ1n) is 9.53. The van der Waals surface area contributed by atoms with Gasteiger partial charge >= 0.3 is 0 Å². The SMILES string of the molecule is CCCCN1C(SCC(=O)Nc2cc(C)ccc2C)=NS(=O)(=O)c2ccccc21. The summed E-state index contributed by atoms with van der Waals surface area (Å²) in [6.45, 7) is 6.62. The van der Waals surface area contributed by atoms with Crippen molar-refractivity contribution in [3.05, 3.63) is 53.6 Å². The summed E-state index contributed by atoms with van der Waals surface area (Å²) >= 11 is 1.14. The van der Waals surface area contributed by atoms with Gasteiger partial charge < -0.3 is 10.2 Å². The molecule has 29 heavy (non-hydrogen) atoms. The van der Waals surface area contributed by atoms with Gasteiger partial charge in [0.15, 0.2) is 5.17 Å². The van der Waals surface area contributed by atoms with Crippen LogP contribution in [0.1, 0.15) is 30.9 Å². The van der Waals surface area contributed by atoms with Gasteiger partial charge in [0.25, 0.3) is 10.0 Å². The van der Waals surface area contributed by atoms with Crippen molar-refractivity contribution in [2.24, 2.45) is 4.40 Å². The lowest BCUT2D eigenvalue weighted by molar-refractivity contribution is -0.113. The van der Waals surface area contributed by atoms with Crippen LogP contribution in [0.15, 0.2) is 51.8 Å². The van der Waals surface area contributed by atoms with Gasteiger partial charge in [0, 0.05) is 12.2 Å². The zero-order valence-corrected chi connectivity index (χ0v) is 18.4. The third-order valence-electron chi connectivity index (χ3n) is 4.60. The molecule has 0 fully saturated rings. The van der Waals surface area contributed by atoms with E-state index in [1.165, 1.54) is 0 Å². The minimum absolute atomic E-state index is 0.0759. The van der Waals surface area contributed by atoms with E-state index in [-0.39, 0.29) is 16.6 Å². The maximum Gasteiger partial charge on any atom is 0.286 e. The molecule has 154 valence electrons. The Morgan fingerprint density at radius 2 is 1.93 bits per heavy atom. The fourth-order valence-corrected chi connectivity index (χ4v) is 5.30. The number of benzene rings is 2. The van der Waals surface area contributed by atoms with Gasteiger partial charge in [-0.3, -0.25) is 4.79 Å². The van der Waals surface area contributed by atoms with E-state index < -0.39 is 10.0 Å². The summed E-state index contributed by atoms with van der Waals surface area (Å²) in [5, 5.41) is 3.25. The Kier molecular flexibility index (Phi) is 6.64. The van der Waals surface area contributed by atoms with Crippen LogP contribution in [0, 0.1) is 13.8 Å². The highest BCUT2D eigenvalue weighted by Crippen LogP contribution is 2.34. The molecule has 2 aromatic rings. The summed E-state index contributed by atoms with van der Waals surface area (Å²) < 4.78 is 29.2. The minimum Gasteiger partial charge on any atom is -0.325 e. The number of nitrogens with one attached hydrogen (secondary N) is 1. The minimum atomic E-state index is -3.77. The number of aryl methyl sites for hydroxylation is 2. The van der Waals surface area contributed by atoms with Crippen molar-refractivity contribution in [1.82, 2.24) is 0 Å². The Labute approximate surface area is 176 Å². The van der Waals surface area contributed by atoms with Gasteiger partial charge in [-0.05, 0) is 49.6 Å². The van der Waals surface area contributed by atoms with E-state index in [9.17, 15) is 13.2 Å². The third-order valence-corrected chi connectivity index (χ3v) is 7.00. The molecule has 1 heterocycles. The Balaban J connectivity index is 1.78. The first kappa shape index (κ1) is 21.4. The third kappa shape index (κ3) is 5.00. The molecule has 1 amide bonds. The van der Waals surface area contributed by atoms with Gasteiger partial charge in [-0.15, -0.1) is 4.40 Å². The molecular weight excluding hydrogens is 406 g/mol. The number of nitrogens with zero attached hydrogens (tertiary/aromatic N) is 2. The van der Waals surface area contributed by atoms with Crippen LogP contribution in [0.3, 0.4) is 0 Å². The Hall–Kier alpha value is -2.32. The smallest absolute Gasteiger partial charge is 0.286 e. The number of amides is 1. The number of amidine groups is 1. The number of hydrogen-bond acceptors (Lipinski definition) is 5. The van der Waals surface area contributed by atoms with E-state index in [0.717, 1.165) is 41.4 Å². The first-order valence-corrected chi connectivity index (χ1v) is 12.0. The van der Waals surface area contributed by atoms with Crippen molar-refractivity contribution in [2.45, 2.75) is 38.5 Å². The van der Waals surface area contributed by atoms with Crippen molar-refractivity contribution >= 4 is 44.2 Å². The summed E-state index contributed by atoms with van der Waals surface area (Å²) in [5.41, 5.74) is 3.42. The quantitative estimate of drug-likeness (QED) is 0.736. The van der Waals surface area contributed by atoms with Gasteiger partial charge in [0.05, 0.1) is 11.4 Å². The largest absolute Gasteiger partial charge is 0.325 e. The molecule has 0 saturated heterocycles. The number of hydrogen-bond donors (Lipinski definition) is 1. The molecule has 3 rings (SSSR count). The maximum atomic E-state index is 12.6. The molecule has 1 aliphatic rings. The van der Waals surface area contributed by atoms with Crippen molar-refractivity contribution < 1.29 is 13.2 Å². The van der Waals surface area contributed by atoms with E-state index in [1.807, 2.05) is 43.0 Å². The van der Waals surface area contributed by atoms with Gasteiger partial charge in [0.2, 0.25) is 5.91 Å². The Morgan fingerprint density at radius 3 is 2.69 bits per heavy atom. The van der Waals surface area contributed by atoms with E-state index in [4.69, 9.17) is 0 Å². The maximum absolute atomic E-state index is 12.6. The first-order chi connectivity index (χ1) is 13.8. The highest BCUT2D eigenvalue weighted by molar-refractivity contribution is 8.15. The molecule has 0 atom stereocenters. The lowest BCUT2D eigenvalue weighted by atomic mass is 10.1. The van der Waals surface area contributed by atoms with Crippen molar-refractivity contribution in [3.8, 4) is 0 Å². The van der Waals surface area contributed by atoms with E-state index >= 15 is 0 Å². The lowest BCUT2D eigenvalue weighted by Gasteiger charge is -2.30. The standard InChI is InChI=1S/C21H25N3O3S2/c1-4-5-12-24-18-8-6-7-9-19(18)29(26,27)23-21(24)28-14-20(25)22-17-13-15(2)10-11-16(17)3/h6-11,13H,4-5,12,14H2,1-3H3,(H,22,25). The fraction of sp³-hybridized carbons (Fsp3) is 0.333. The van der Waals surface area contributed by atoms with E-state index in [2.05, 4.69) is 16.6 Å². The van der Waals surface area contributed by atoms with E-state index in [1.54, 1.807) is 18.2 Å². The predicted octanol–water partition coefficient (Wildman–Crippen LogP) is 4.34. The zero-order chi connectivity index (χ0) is 21.0. The van der Waals surface area contributed by atoms with Crippen molar-refractivity contribution in [1.29, 1.82) is 0 Å². The number of carbonyl (C=O) groups excluding carboxylic acids is 1. The van der Waals surface area contributed by atoms with Gasteiger partial charge in [-0.2, -0.15) is 8.42 Å². The number of thioether (sulfide) groups is 1. The van der Waals surface area contributed by atoms with Crippen LogP contribution in [0.25, 0.3) is 0 Å². The Morgan fingerprint density at radius 1 is 1.17 bits per heavy atom. The number of carbonyl (C=O) groups is 1. The number of fused-ring (bicyclic) bond motifs is 1. The van der Waals surface area contributed by atoms with Gasteiger partial charge in [-0.1, -0.05) is 49.4 Å². The number of para-hydroxylation sites is 1. The molecule has 1 N–H and O–H groups in total. The average molecular weight is 432 g/mol. The van der Waals surface area contributed by atoms with Gasteiger partial charge in [-0.25, -0.2) is 0 Å². The van der Waals surface area contributed by atoms with Crippen LogP contribution in [0.4, 0.5) is 11.4 Å². The van der Waals surface area contributed by atoms with Crippen LogP contribution in [-0.2, 0) is 14.8 Å². The molecule has 0 saturated carbocycles. The van der Waals surface area contributed by atoms with E-state index in [0.29, 0.717) is 17.4 Å². The average Bonchev–Trinajstić information content (AvgIpc) is 2.68. The fourth-order valence-electron chi connectivity index (χ4n) is 3.03. The summed E-state index contributed by atoms with van der Waals surface area (Å²) in [4.78, 5) is 14.6. The lowest BCUT2D eigenvalue weighted by Crippen LogP contribution is -2.35. The topological polar surface area (TPSA) is 78.8 Å². The van der Waals surface area contributed by atoms with Crippen LogP contribution in [-0.4, -0.2) is 31.8 Å². The highest BCUT2D eigenvalue weighted by Gasteiger charge is 2.30. The predicted molar refractivity (Wildman–Crippen MR) is 120 cm³/mol. The van der Waals surface area contributed by atoms with Crippen molar-refractivity contribution in [2.75, 3.05) is 22.5 Å². The summed E-state index contributed by atoms with van der Waals surface area (Å²) in [6.07, 6.45) is 1.86. The molecule has 0 bridgehead atoms. The van der Waals surface area contributed by atoms with Crippen molar-refractivity contribution in [3.63, 3.8) is 0 Å². The number of sulfonamides is 1. The molecule has 0 radical (unpaired) electrons. The molecule has 1 aliphatic heterocycles. The Bertz CT molecular complexity index is 1050. The van der Waals surface area contributed by atoms with Crippen LogP contribution in [0.5, 0.6) is 0 Å². The summed E-state index contributed by atoms with van der Waals surface area (Å²) in [7, 11) is -3.77. The number of rotatable bonds is 6. The monoisotopic (exact) mass is 431 g/mol. The second-order valence-corrected chi connectivity index (χ2v) is 9.49. The second-order valence-electron chi connectivity index (χ2n) is 6.98. The number of anilines is 2. The number of unbranched alkanes of at least 4 members (excludes halogenated alkanes) is 1. The molecule has 0 unspecified atom stereocenters. The van der Waals surface area contributed by atoms with Crippen LogP contribution < -0.4 is 10.2 Å². The molecule has 8 heteroatoms. The summed E-state index contributed by atoms with van der Waals surface area (Å²) in [6, 6.07) is 12.7. The second kappa shape index (κ2) is 9.00. The van der Waals surface area contributed by atoms with Crippen LogP contribution >= 0.6 is 11.8 Å². The highest BCUT2D eigenvalue weighted by atomic mass is 32.2. The van der Waals surface area contributed by atoms with Gasteiger partial charge in [0.1, 0.15) is 4.90 Å². The zero-order valence-electron chi connectivity index (χ0n) is 16.8. The molecule has 2 aromatic carbocycles.